The number of guanidine groups is 1. The molecule has 3 rings (SSSR count). The molecule has 0 spiro atoms. The molecule has 1 aromatic heterocycles. The fourth-order valence-corrected chi connectivity index (χ4v) is 3.05. The van der Waals surface area contributed by atoms with Crippen LogP contribution in [0.1, 0.15) is 31.2 Å². The number of nitrogens with zero attached hydrogens (tertiary/aromatic N) is 4. The summed E-state index contributed by atoms with van der Waals surface area (Å²) < 4.78 is 19.3. The fraction of sp³-hybridized carbons (Fsp3) is 0.474. The van der Waals surface area contributed by atoms with E-state index in [-0.39, 0.29) is 5.82 Å². The monoisotopic (exact) mass is 359 g/mol. The van der Waals surface area contributed by atoms with Gasteiger partial charge in [-0.1, -0.05) is 31.1 Å². The highest BCUT2D eigenvalue weighted by molar-refractivity contribution is 5.80. The van der Waals surface area contributed by atoms with Crippen LogP contribution in [0.15, 0.2) is 39.8 Å². The van der Waals surface area contributed by atoms with Crippen molar-refractivity contribution in [2.45, 2.75) is 26.3 Å². The second-order valence-electron chi connectivity index (χ2n) is 6.70. The summed E-state index contributed by atoms with van der Waals surface area (Å²) in [7, 11) is 1.77. The van der Waals surface area contributed by atoms with Crippen molar-refractivity contribution in [1.29, 1.82) is 0 Å². The van der Waals surface area contributed by atoms with Crippen LogP contribution in [0.5, 0.6) is 0 Å². The van der Waals surface area contributed by atoms with Crippen molar-refractivity contribution in [3.05, 3.63) is 47.6 Å². The molecular weight excluding hydrogens is 333 g/mol. The number of benzene rings is 1. The first-order chi connectivity index (χ1) is 12.6. The van der Waals surface area contributed by atoms with E-state index >= 15 is 0 Å². The van der Waals surface area contributed by atoms with Crippen LogP contribution in [-0.4, -0.2) is 49.2 Å². The average Bonchev–Trinajstić information content (AvgIpc) is 3.13. The smallest absolute Gasteiger partial charge is 0.194 e. The van der Waals surface area contributed by atoms with Crippen LogP contribution >= 0.6 is 0 Å². The van der Waals surface area contributed by atoms with E-state index < -0.39 is 0 Å². The van der Waals surface area contributed by atoms with Crippen molar-refractivity contribution in [3.63, 3.8) is 0 Å². The van der Waals surface area contributed by atoms with Crippen LogP contribution in [0.3, 0.4) is 0 Å². The Bertz CT molecular complexity index is 750. The van der Waals surface area contributed by atoms with Crippen molar-refractivity contribution < 1.29 is 8.91 Å². The first-order valence-corrected chi connectivity index (χ1v) is 8.99. The lowest BCUT2D eigenvalue weighted by atomic mass is 10.1. The van der Waals surface area contributed by atoms with E-state index in [0.29, 0.717) is 18.2 Å². The molecule has 0 amide bonds. The summed E-state index contributed by atoms with van der Waals surface area (Å²) >= 11 is 0. The minimum absolute atomic E-state index is 0.172. The van der Waals surface area contributed by atoms with Gasteiger partial charge in [0.05, 0.1) is 17.9 Å². The average molecular weight is 359 g/mol. The number of halogens is 1. The van der Waals surface area contributed by atoms with Crippen molar-refractivity contribution >= 4 is 11.6 Å². The number of para-hydroxylation sites is 1. The molecule has 2 aromatic rings. The minimum atomic E-state index is -0.172. The summed E-state index contributed by atoms with van der Waals surface area (Å²) in [5, 5.41) is 7.40. The lowest BCUT2D eigenvalue weighted by molar-refractivity contribution is 0.354. The Labute approximate surface area is 153 Å². The number of hydrogen-bond acceptors (Lipinski definition) is 4. The number of nitrogens with one attached hydrogen (secondary N) is 1. The van der Waals surface area contributed by atoms with E-state index in [4.69, 9.17) is 4.52 Å². The van der Waals surface area contributed by atoms with E-state index in [1.54, 1.807) is 13.1 Å². The zero-order valence-electron chi connectivity index (χ0n) is 15.6. The molecule has 0 saturated carbocycles. The summed E-state index contributed by atoms with van der Waals surface area (Å²) in [6.45, 7) is 7.78. The van der Waals surface area contributed by atoms with E-state index in [9.17, 15) is 4.39 Å². The topological polar surface area (TPSA) is 56.9 Å². The van der Waals surface area contributed by atoms with Crippen LogP contribution in [-0.2, 0) is 6.54 Å². The third-order valence-corrected chi connectivity index (χ3v) is 4.57. The molecule has 1 N–H and O–H groups in total. The molecule has 1 aliphatic rings. The summed E-state index contributed by atoms with van der Waals surface area (Å²) in [6.07, 6.45) is 0. The Balaban J connectivity index is 1.54. The Morgan fingerprint density at radius 3 is 2.62 bits per heavy atom. The number of rotatable bonds is 4. The molecule has 1 saturated heterocycles. The van der Waals surface area contributed by atoms with Gasteiger partial charge < -0.3 is 19.6 Å². The van der Waals surface area contributed by atoms with Crippen molar-refractivity contribution in [2.24, 2.45) is 4.99 Å². The molecule has 0 radical (unpaired) electrons. The molecular formula is C19H26FN5O. The summed E-state index contributed by atoms with van der Waals surface area (Å²) in [5.41, 5.74) is 1.62. The Hall–Kier alpha value is -2.57. The maximum Gasteiger partial charge on any atom is 0.194 e. The van der Waals surface area contributed by atoms with E-state index in [1.165, 1.54) is 6.07 Å². The Kier molecular flexibility index (Phi) is 5.75. The Morgan fingerprint density at radius 1 is 1.27 bits per heavy atom. The molecule has 0 bridgehead atoms. The zero-order valence-corrected chi connectivity index (χ0v) is 15.6. The van der Waals surface area contributed by atoms with Crippen LogP contribution in [0, 0.1) is 5.82 Å². The zero-order chi connectivity index (χ0) is 18.5. The molecule has 7 heteroatoms. The minimum Gasteiger partial charge on any atom is -0.366 e. The van der Waals surface area contributed by atoms with Crippen LogP contribution in [0.4, 0.5) is 10.1 Å². The molecule has 2 heterocycles. The van der Waals surface area contributed by atoms with Gasteiger partial charge in [0.25, 0.3) is 0 Å². The van der Waals surface area contributed by atoms with Gasteiger partial charge >= 0.3 is 0 Å². The van der Waals surface area contributed by atoms with Crippen LogP contribution < -0.4 is 10.2 Å². The van der Waals surface area contributed by atoms with Gasteiger partial charge in [-0.15, -0.1) is 0 Å². The number of aromatic nitrogens is 1. The van der Waals surface area contributed by atoms with Gasteiger partial charge in [0.2, 0.25) is 0 Å². The molecule has 0 atom stereocenters. The van der Waals surface area contributed by atoms with Gasteiger partial charge in [0.15, 0.2) is 11.7 Å². The van der Waals surface area contributed by atoms with Gasteiger partial charge in [-0.05, 0) is 18.1 Å². The lowest BCUT2D eigenvalue weighted by Crippen LogP contribution is -2.52. The molecule has 26 heavy (non-hydrogen) atoms. The van der Waals surface area contributed by atoms with Gasteiger partial charge in [-0.3, -0.25) is 4.99 Å². The number of aliphatic imine (C=N–C) groups is 1. The Morgan fingerprint density at radius 2 is 2.00 bits per heavy atom. The highest BCUT2D eigenvalue weighted by Gasteiger charge is 2.21. The molecule has 1 aliphatic heterocycles. The van der Waals surface area contributed by atoms with Gasteiger partial charge in [-0.2, -0.15) is 0 Å². The predicted molar refractivity (Wildman–Crippen MR) is 101 cm³/mol. The molecule has 1 aromatic carbocycles. The third kappa shape index (κ3) is 4.15. The van der Waals surface area contributed by atoms with E-state index in [1.807, 2.05) is 18.2 Å². The largest absolute Gasteiger partial charge is 0.366 e. The van der Waals surface area contributed by atoms with Crippen molar-refractivity contribution in [2.75, 3.05) is 38.1 Å². The first-order valence-electron chi connectivity index (χ1n) is 8.99. The third-order valence-electron chi connectivity index (χ3n) is 4.57. The van der Waals surface area contributed by atoms with Crippen LogP contribution in [0.2, 0.25) is 0 Å². The molecule has 140 valence electrons. The van der Waals surface area contributed by atoms with E-state index in [2.05, 4.69) is 39.1 Å². The highest BCUT2D eigenvalue weighted by Crippen LogP contribution is 2.20. The molecule has 1 fully saturated rings. The standard InChI is InChI=1S/C19H26FN5O/c1-14(2)17-12-15(26-23-17)13-22-19(21-3)25-10-8-24(9-11-25)18-7-5-4-6-16(18)20/h4-7,12,14H,8-11,13H2,1-3H3,(H,21,22). The van der Waals surface area contributed by atoms with Crippen molar-refractivity contribution in [1.82, 2.24) is 15.4 Å². The lowest BCUT2D eigenvalue weighted by Gasteiger charge is -2.37. The van der Waals surface area contributed by atoms with Crippen molar-refractivity contribution in [3.8, 4) is 0 Å². The van der Waals surface area contributed by atoms with Crippen LogP contribution in [0.25, 0.3) is 0 Å². The summed E-state index contributed by atoms with van der Waals surface area (Å²) in [5.74, 6) is 1.79. The number of piperazine rings is 1. The SMILES string of the molecule is CN=C(NCc1cc(C(C)C)no1)N1CCN(c2ccccc2F)CC1. The fourth-order valence-electron chi connectivity index (χ4n) is 3.05. The second kappa shape index (κ2) is 8.21. The number of anilines is 1. The maximum absolute atomic E-state index is 14.0. The molecule has 0 unspecified atom stereocenters. The second-order valence-corrected chi connectivity index (χ2v) is 6.70. The van der Waals surface area contributed by atoms with Gasteiger partial charge in [0.1, 0.15) is 5.82 Å². The molecule has 6 nitrogen and oxygen atoms in total. The normalized spacial score (nSPS) is 15.7. The number of hydrogen-bond donors (Lipinski definition) is 1. The van der Waals surface area contributed by atoms with Gasteiger partial charge in [0, 0.05) is 39.3 Å². The first kappa shape index (κ1) is 18.2. The summed E-state index contributed by atoms with van der Waals surface area (Å²) in [6, 6.07) is 8.89. The maximum atomic E-state index is 14.0. The quantitative estimate of drug-likeness (QED) is 0.672. The summed E-state index contributed by atoms with van der Waals surface area (Å²) in [4.78, 5) is 8.61. The van der Waals surface area contributed by atoms with E-state index in [0.717, 1.165) is 43.6 Å². The molecule has 0 aliphatic carbocycles. The van der Waals surface area contributed by atoms with Gasteiger partial charge in [-0.25, -0.2) is 4.39 Å². The predicted octanol–water partition coefficient (Wildman–Crippen LogP) is 2.83. The highest BCUT2D eigenvalue weighted by atomic mass is 19.1.